The van der Waals surface area contributed by atoms with Crippen LogP contribution in [0.25, 0.3) is 0 Å². The molecule has 1 unspecified atom stereocenters. The predicted molar refractivity (Wildman–Crippen MR) is 70.0 cm³/mol. The fourth-order valence-corrected chi connectivity index (χ4v) is 2.01. The van der Waals surface area contributed by atoms with Crippen molar-refractivity contribution in [3.8, 4) is 0 Å². The van der Waals surface area contributed by atoms with Crippen molar-refractivity contribution in [1.82, 2.24) is 4.57 Å². The summed E-state index contributed by atoms with van der Waals surface area (Å²) in [6, 6.07) is 10.5. The number of rotatable bonds is 4. The van der Waals surface area contributed by atoms with Crippen LogP contribution in [-0.2, 0) is 6.54 Å². The molecular formula is C15H19NO. The molecule has 2 nitrogen and oxygen atoms in total. The standard InChI is InChI=1S/C15H19NO/c1-3-15(17)14-7-8-16(11-14)10-13-6-4-5-12(2)9-13/h4-9,11,15,17H,3,10H2,1-2H3. The van der Waals surface area contributed by atoms with Crippen LogP contribution in [0, 0.1) is 6.92 Å². The summed E-state index contributed by atoms with van der Waals surface area (Å²) < 4.78 is 2.11. The number of aromatic nitrogens is 1. The Bertz CT molecular complexity index is 487. The first-order valence-electron chi connectivity index (χ1n) is 6.08. The summed E-state index contributed by atoms with van der Waals surface area (Å²) in [5.41, 5.74) is 3.57. The second-order valence-corrected chi connectivity index (χ2v) is 4.53. The van der Waals surface area contributed by atoms with E-state index in [9.17, 15) is 5.11 Å². The fraction of sp³-hybridized carbons (Fsp3) is 0.333. The SMILES string of the molecule is CCC(O)c1ccn(Cc2cccc(C)c2)c1. The van der Waals surface area contributed by atoms with E-state index in [1.807, 2.05) is 25.4 Å². The molecule has 0 aliphatic carbocycles. The molecule has 0 saturated heterocycles. The van der Waals surface area contributed by atoms with Crippen molar-refractivity contribution in [2.24, 2.45) is 0 Å². The van der Waals surface area contributed by atoms with Gasteiger partial charge >= 0.3 is 0 Å². The molecule has 1 aromatic carbocycles. The van der Waals surface area contributed by atoms with Gasteiger partial charge in [0.25, 0.3) is 0 Å². The van der Waals surface area contributed by atoms with E-state index in [0.29, 0.717) is 0 Å². The number of hydrogen-bond donors (Lipinski definition) is 1. The van der Waals surface area contributed by atoms with Crippen molar-refractivity contribution in [3.05, 3.63) is 59.4 Å². The van der Waals surface area contributed by atoms with Crippen LogP contribution in [0.15, 0.2) is 42.7 Å². The van der Waals surface area contributed by atoms with Gasteiger partial charge in [-0.1, -0.05) is 36.8 Å². The third kappa shape index (κ3) is 2.98. The average molecular weight is 229 g/mol. The molecule has 0 spiro atoms. The smallest absolute Gasteiger partial charge is 0.0802 e. The lowest BCUT2D eigenvalue weighted by Gasteiger charge is -2.06. The first kappa shape index (κ1) is 11.9. The van der Waals surface area contributed by atoms with Gasteiger partial charge in [0, 0.05) is 18.9 Å². The zero-order valence-corrected chi connectivity index (χ0v) is 10.4. The van der Waals surface area contributed by atoms with Crippen molar-refractivity contribution in [3.63, 3.8) is 0 Å². The number of nitrogens with zero attached hydrogens (tertiary/aromatic N) is 1. The Balaban J connectivity index is 2.11. The molecule has 1 atom stereocenters. The molecule has 0 saturated carbocycles. The largest absolute Gasteiger partial charge is 0.388 e. The van der Waals surface area contributed by atoms with Crippen molar-refractivity contribution >= 4 is 0 Å². The zero-order chi connectivity index (χ0) is 12.3. The van der Waals surface area contributed by atoms with Crippen LogP contribution < -0.4 is 0 Å². The summed E-state index contributed by atoms with van der Waals surface area (Å²) in [6.45, 7) is 4.95. The molecule has 0 aliphatic rings. The summed E-state index contributed by atoms with van der Waals surface area (Å²) in [7, 11) is 0. The van der Waals surface area contributed by atoms with Crippen LogP contribution in [0.3, 0.4) is 0 Å². The highest BCUT2D eigenvalue weighted by Crippen LogP contribution is 2.17. The van der Waals surface area contributed by atoms with Gasteiger partial charge in [-0.2, -0.15) is 0 Å². The minimum atomic E-state index is -0.339. The molecule has 0 radical (unpaired) electrons. The Labute approximate surface area is 103 Å². The maximum atomic E-state index is 9.74. The Morgan fingerprint density at radius 1 is 1.29 bits per heavy atom. The van der Waals surface area contributed by atoms with Crippen LogP contribution in [0.5, 0.6) is 0 Å². The Morgan fingerprint density at radius 2 is 2.12 bits per heavy atom. The van der Waals surface area contributed by atoms with E-state index < -0.39 is 0 Å². The number of hydrogen-bond acceptors (Lipinski definition) is 1. The third-order valence-corrected chi connectivity index (χ3v) is 2.99. The van der Waals surface area contributed by atoms with Crippen molar-refractivity contribution in [1.29, 1.82) is 0 Å². The minimum Gasteiger partial charge on any atom is -0.388 e. The quantitative estimate of drug-likeness (QED) is 0.855. The van der Waals surface area contributed by atoms with E-state index in [1.165, 1.54) is 11.1 Å². The highest BCUT2D eigenvalue weighted by atomic mass is 16.3. The molecule has 0 amide bonds. The molecule has 1 N–H and O–H groups in total. The van der Waals surface area contributed by atoms with Gasteiger partial charge in [-0.3, -0.25) is 0 Å². The second-order valence-electron chi connectivity index (χ2n) is 4.53. The van der Waals surface area contributed by atoms with Gasteiger partial charge in [-0.15, -0.1) is 0 Å². The molecule has 1 aromatic heterocycles. The highest BCUT2D eigenvalue weighted by molar-refractivity contribution is 5.23. The number of aliphatic hydroxyl groups excluding tert-OH is 1. The zero-order valence-electron chi connectivity index (χ0n) is 10.4. The van der Waals surface area contributed by atoms with E-state index in [4.69, 9.17) is 0 Å². The first-order chi connectivity index (χ1) is 8.19. The van der Waals surface area contributed by atoms with Crippen molar-refractivity contribution < 1.29 is 5.11 Å². The van der Waals surface area contributed by atoms with E-state index in [1.54, 1.807) is 0 Å². The van der Waals surface area contributed by atoms with Gasteiger partial charge in [-0.25, -0.2) is 0 Å². The van der Waals surface area contributed by atoms with Gasteiger partial charge in [0.05, 0.1) is 6.10 Å². The lowest BCUT2D eigenvalue weighted by atomic mass is 10.1. The second kappa shape index (κ2) is 5.19. The van der Waals surface area contributed by atoms with Gasteiger partial charge < -0.3 is 9.67 Å². The molecule has 2 aromatic rings. The van der Waals surface area contributed by atoms with Gasteiger partial charge in [-0.05, 0) is 30.5 Å². The molecule has 0 aliphatic heterocycles. The molecular weight excluding hydrogens is 210 g/mol. The molecule has 0 bridgehead atoms. The highest BCUT2D eigenvalue weighted by Gasteiger charge is 2.06. The maximum Gasteiger partial charge on any atom is 0.0802 e. The maximum absolute atomic E-state index is 9.74. The van der Waals surface area contributed by atoms with Crippen molar-refractivity contribution in [2.45, 2.75) is 32.9 Å². The summed E-state index contributed by atoms with van der Waals surface area (Å²) in [6.07, 6.45) is 4.47. The third-order valence-electron chi connectivity index (χ3n) is 2.99. The van der Waals surface area contributed by atoms with Crippen LogP contribution >= 0.6 is 0 Å². The Morgan fingerprint density at radius 3 is 2.82 bits per heavy atom. The summed E-state index contributed by atoms with van der Waals surface area (Å²) in [4.78, 5) is 0. The Hall–Kier alpha value is -1.54. The van der Waals surface area contributed by atoms with Crippen LogP contribution in [0.4, 0.5) is 0 Å². The lowest BCUT2D eigenvalue weighted by molar-refractivity contribution is 0.173. The van der Waals surface area contributed by atoms with E-state index in [2.05, 4.69) is 35.8 Å². The van der Waals surface area contributed by atoms with E-state index >= 15 is 0 Å². The monoisotopic (exact) mass is 229 g/mol. The minimum absolute atomic E-state index is 0.339. The van der Waals surface area contributed by atoms with Gasteiger partial charge in [0.1, 0.15) is 0 Å². The molecule has 1 heterocycles. The lowest BCUT2D eigenvalue weighted by Crippen LogP contribution is -1.97. The van der Waals surface area contributed by atoms with Crippen LogP contribution in [-0.4, -0.2) is 9.67 Å². The average Bonchev–Trinajstić information content (AvgIpc) is 2.76. The topological polar surface area (TPSA) is 25.2 Å². The number of aliphatic hydroxyl groups is 1. The normalized spacial score (nSPS) is 12.6. The fourth-order valence-electron chi connectivity index (χ4n) is 2.01. The molecule has 2 heteroatoms. The number of aryl methyl sites for hydroxylation is 1. The molecule has 90 valence electrons. The van der Waals surface area contributed by atoms with Crippen molar-refractivity contribution in [2.75, 3.05) is 0 Å². The first-order valence-corrected chi connectivity index (χ1v) is 6.08. The van der Waals surface area contributed by atoms with Crippen LogP contribution in [0.1, 0.15) is 36.1 Å². The van der Waals surface area contributed by atoms with Crippen LogP contribution in [0.2, 0.25) is 0 Å². The van der Waals surface area contributed by atoms with Gasteiger partial charge in [0.2, 0.25) is 0 Å². The number of benzene rings is 1. The van der Waals surface area contributed by atoms with Gasteiger partial charge in [0.15, 0.2) is 0 Å². The molecule has 0 fully saturated rings. The summed E-state index contributed by atoms with van der Waals surface area (Å²) >= 11 is 0. The summed E-state index contributed by atoms with van der Waals surface area (Å²) in [5.74, 6) is 0. The molecule has 17 heavy (non-hydrogen) atoms. The van der Waals surface area contributed by atoms with E-state index in [0.717, 1.165) is 18.5 Å². The van der Waals surface area contributed by atoms with E-state index in [-0.39, 0.29) is 6.10 Å². The molecule has 2 rings (SSSR count). The Kier molecular flexibility index (Phi) is 3.64. The summed E-state index contributed by atoms with van der Waals surface area (Å²) in [5, 5.41) is 9.74. The predicted octanol–water partition coefficient (Wildman–Crippen LogP) is 3.29.